The molecule has 0 bridgehead atoms. The fourth-order valence-corrected chi connectivity index (χ4v) is 3.32. The number of hydrogen-bond donors (Lipinski definition) is 2. The predicted molar refractivity (Wildman–Crippen MR) is 116 cm³/mol. The number of methoxy groups -OCH3 is 1. The summed E-state index contributed by atoms with van der Waals surface area (Å²) in [7, 11) is 1.69. The fourth-order valence-electron chi connectivity index (χ4n) is 2.48. The number of ether oxygens (including phenoxy) is 1. The summed E-state index contributed by atoms with van der Waals surface area (Å²) in [6.45, 7) is 10.3. The summed E-state index contributed by atoms with van der Waals surface area (Å²) < 4.78 is 5.46. The van der Waals surface area contributed by atoms with Gasteiger partial charge in [0.15, 0.2) is 5.96 Å². The van der Waals surface area contributed by atoms with Crippen LogP contribution < -0.4 is 15.4 Å². The van der Waals surface area contributed by atoms with Gasteiger partial charge in [0.1, 0.15) is 5.75 Å². The molecule has 0 unspecified atom stereocenters. The van der Waals surface area contributed by atoms with Crippen LogP contribution in [-0.2, 0) is 13.1 Å². The van der Waals surface area contributed by atoms with Gasteiger partial charge in [0.2, 0.25) is 0 Å². The highest BCUT2D eigenvalue weighted by atomic mass is 127. The van der Waals surface area contributed by atoms with Gasteiger partial charge < -0.3 is 15.4 Å². The molecule has 0 aliphatic heterocycles. The van der Waals surface area contributed by atoms with Crippen LogP contribution in [0.1, 0.15) is 34.2 Å². The minimum atomic E-state index is 0. The van der Waals surface area contributed by atoms with Crippen molar-refractivity contribution in [3.05, 3.63) is 44.9 Å². The Morgan fingerprint density at radius 1 is 1.24 bits per heavy atom. The number of guanidine groups is 1. The maximum Gasteiger partial charge on any atom is 0.191 e. The van der Waals surface area contributed by atoms with Gasteiger partial charge in [0.05, 0.1) is 25.9 Å². The molecule has 2 aromatic heterocycles. The Kier molecular flexibility index (Phi) is 9.20. The van der Waals surface area contributed by atoms with Gasteiger partial charge >= 0.3 is 0 Å². The smallest absolute Gasteiger partial charge is 0.191 e. The number of thiophene rings is 1. The zero-order chi connectivity index (χ0) is 17.5. The first kappa shape index (κ1) is 21.7. The van der Waals surface area contributed by atoms with E-state index in [1.165, 1.54) is 10.4 Å². The molecule has 2 aromatic rings. The maximum atomic E-state index is 5.46. The van der Waals surface area contributed by atoms with Crippen LogP contribution >= 0.6 is 35.3 Å². The van der Waals surface area contributed by atoms with Crippen LogP contribution in [0.25, 0.3) is 0 Å². The second-order valence-corrected chi connectivity index (χ2v) is 6.62. The molecule has 0 saturated carbocycles. The van der Waals surface area contributed by atoms with E-state index in [1.54, 1.807) is 18.4 Å². The molecular weight excluding hydrogens is 447 g/mol. The first-order valence-electron chi connectivity index (χ1n) is 8.11. The molecule has 2 heterocycles. The number of aliphatic imine (C=N–C) groups is 1. The lowest BCUT2D eigenvalue weighted by Gasteiger charge is -2.13. The van der Waals surface area contributed by atoms with Gasteiger partial charge in [-0.1, -0.05) is 0 Å². The van der Waals surface area contributed by atoms with Crippen molar-refractivity contribution in [3.63, 3.8) is 0 Å². The minimum absolute atomic E-state index is 0. The number of pyridine rings is 1. The van der Waals surface area contributed by atoms with Crippen LogP contribution in [0.15, 0.2) is 22.6 Å². The molecule has 0 spiro atoms. The van der Waals surface area contributed by atoms with Crippen molar-refractivity contribution >= 4 is 41.3 Å². The SMILES string of the molecule is CCNC(=NCc1ncc(C)c(OC)c1C)NCc1sccc1C.I. The summed E-state index contributed by atoms with van der Waals surface area (Å²) >= 11 is 1.76. The molecule has 0 fully saturated rings. The third kappa shape index (κ3) is 5.85. The number of rotatable bonds is 6. The fraction of sp³-hybridized carbons (Fsp3) is 0.444. The van der Waals surface area contributed by atoms with Gasteiger partial charge in [0.25, 0.3) is 0 Å². The Morgan fingerprint density at radius 2 is 2.00 bits per heavy atom. The lowest BCUT2D eigenvalue weighted by atomic mass is 10.1. The van der Waals surface area contributed by atoms with Crippen LogP contribution in [-0.4, -0.2) is 24.6 Å². The molecule has 0 amide bonds. The molecule has 2 N–H and O–H groups in total. The molecule has 0 radical (unpaired) electrons. The lowest BCUT2D eigenvalue weighted by molar-refractivity contribution is 0.407. The van der Waals surface area contributed by atoms with Gasteiger partial charge in [-0.15, -0.1) is 35.3 Å². The largest absolute Gasteiger partial charge is 0.496 e. The van der Waals surface area contributed by atoms with E-state index in [4.69, 9.17) is 4.74 Å². The van der Waals surface area contributed by atoms with Crippen molar-refractivity contribution in [1.82, 2.24) is 15.6 Å². The molecule has 5 nitrogen and oxygen atoms in total. The first-order chi connectivity index (χ1) is 11.6. The zero-order valence-corrected chi connectivity index (χ0v) is 18.6. The average Bonchev–Trinajstić information content (AvgIpc) is 2.97. The van der Waals surface area contributed by atoms with Crippen LogP contribution in [0, 0.1) is 20.8 Å². The Labute approximate surface area is 171 Å². The van der Waals surface area contributed by atoms with Gasteiger partial charge in [-0.2, -0.15) is 0 Å². The molecule has 0 atom stereocenters. The van der Waals surface area contributed by atoms with Crippen molar-refractivity contribution in [3.8, 4) is 5.75 Å². The number of halogens is 1. The van der Waals surface area contributed by atoms with E-state index in [1.807, 2.05) is 20.0 Å². The molecule has 0 aliphatic carbocycles. The number of nitrogens with zero attached hydrogens (tertiary/aromatic N) is 2. The highest BCUT2D eigenvalue weighted by molar-refractivity contribution is 14.0. The number of aromatic nitrogens is 1. The number of hydrogen-bond acceptors (Lipinski definition) is 4. The molecule has 138 valence electrons. The van der Waals surface area contributed by atoms with Crippen LogP contribution in [0.5, 0.6) is 5.75 Å². The molecule has 25 heavy (non-hydrogen) atoms. The maximum absolute atomic E-state index is 5.46. The van der Waals surface area contributed by atoms with Crippen molar-refractivity contribution in [2.75, 3.05) is 13.7 Å². The van der Waals surface area contributed by atoms with Crippen molar-refractivity contribution in [1.29, 1.82) is 0 Å². The van der Waals surface area contributed by atoms with Crippen molar-refractivity contribution < 1.29 is 4.74 Å². The van der Waals surface area contributed by atoms with Gasteiger partial charge in [-0.3, -0.25) is 4.98 Å². The van der Waals surface area contributed by atoms with Gasteiger partial charge in [-0.05, 0) is 44.7 Å². The summed E-state index contributed by atoms with van der Waals surface area (Å²) in [6.07, 6.45) is 1.84. The zero-order valence-electron chi connectivity index (χ0n) is 15.5. The topological polar surface area (TPSA) is 58.5 Å². The van der Waals surface area contributed by atoms with Gasteiger partial charge in [0, 0.05) is 28.7 Å². The molecular formula is C18H27IN4OS. The van der Waals surface area contributed by atoms with E-state index in [0.717, 1.165) is 41.6 Å². The minimum Gasteiger partial charge on any atom is -0.496 e. The van der Waals surface area contributed by atoms with Crippen molar-refractivity contribution in [2.24, 2.45) is 4.99 Å². The number of aryl methyl sites for hydroxylation is 2. The second kappa shape index (κ2) is 10.6. The van der Waals surface area contributed by atoms with E-state index in [-0.39, 0.29) is 24.0 Å². The van der Waals surface area contributed by atoms with Crippen LogP contribution in [0.3, 0.4) is 0 Å². The molecule has 0 aromatic carbocycles. The van der Waals surface area contributed by atoms with E-state index in [2.05, 4.69) is 45.9 Å². The Hall–Kier alpha value is -1.35. The third-order valence-corrected chi connectivity index (χ3v) is 4.89. The normalized spacial score (nSPS) is 11.0. The molecule has 2 rings (SSSR count). The summed E-state index contributed by atoms with van der Waals surface area (Å²) in [5.41, 5.74) is 4.33. The Bertz CT molecular complexity index is 715. The second-order valence-electron chi connectivity index (χ2n) is 5.62. The summed E-state index contributed by atoms with van der Waals surface area (Å²) in [5.74, 6) is 1.69. The Balaban J connectivity index is 0.00000312. The highest BCUT2D eigenvalue weighted by Crippen LogP contribution is 2.24. The predicted octanol–water partition coefficient (Wildman–Crippen LogP) is 3.95. The van der Waals surface area contributed by atoms with E-state index in [9.17, 15) is 0 Å². The van der Waals surface area contributed by atoms with Crippen LogP contribution in [0.2, 0.25) is 0 Å². The Morgan fingerprint density at radius 3 is 2.60 bits per heavy atom. The highest BCUT2D eigenvalue weighted by Gasteiger charge is 2.09. The monoisotopic (exact) mass is 474 g/mol. The average molecular weight is 474 g/mol. The standard InChI is InChI=1S/C18H26N4OS.HI/c1-6-19-18(22-11-16-12(2)7-8-24-16)21-10-15-14(4)17(23-5)13(3)9-20-15;/h7-9H,6,10-11H2,1-5H3,(H2,19,21,22);1H. The van der Waals surface area contributed by atoms with E-state index in [0.29, 0.717) is 6.54 Å². The molecule has 0 saturated heterocycles. The van der Waals surface area contributed by atoms with E-state index < -0.39 is 0 Å². The van der Waals surface area contributed by atoms with Crippen molar-refractivity contribution in [2.45, 2.75) is 40.8 Å². The first-order valence-corrected chi connectivity index (χ1v) is 8.99. The summed E-state index contributed by atoms with van der Waals surface area (Å²) in [5, 5.41) is 8.78. The summed E-state index contributed by atoms with van der Waals surface area (Å²) in [4.78, 5) is 10.5. The van der Waals surface area contributed by atoms with Crippen LogP contribution in [0.4, 0.5) is 0 Å². The lowest BCUT2D eigenvalue weighted by Crippen LogP contribution is -2.36. The molecule has 0 aliphatic rings. The van der Waals surface area contributed by atoms with Gasteiger partial charge in [-0.25, -0.2) is 4.99 Å². The quantitative estimate of drug-likeness (QED) is 0.378. The number of nitrogens with one attached hydrogen (secondary N) is 2. The van der Waals surface area contributed by atoms with E-state index >= 15 is 0 Å². The molecule has 7 heteroatoms. The summed E-state index contributed by atoms with van der Waals surface area (Å²) in [6, 6.07) is 2.14. The third-order valence-electron chi connectivity index (χ3n) is 3.87.